The summed E-state index contributed by atoms with van der Waals surface area (Å²) in [6.07, 6.45) is 3.48. The summed E-state index contributed by atoms with van der Waals surface area (Å²) in [7, 11) is 0. The predicted molar refractivity (Wildman–Crippen MR) is 74.8 cm³/mol. The van der Waals surface area contributed by atoms with Crippen LogP contribution < -0.4 is 10.5 Å². The molecule has 0 saturated heterocycles. The molecule has 0 aliphatic rings. The first-order valence-corrected chi connectivity index (χ1v) is 6.51. The molecule has 2 aromatic rings. The molecule has 2 rings (SSSR count). The maximum Gasteiger partial charge on any atom is 0.148 e. The van der Waals surface area contributed by atoms with Gasteiger partial charge >= 0.3 is 0 Å². The van der Waals surface area contributed by atoms with Crippen molar-refractivity contribution in [1.29, 1.82) is 0 Å². The number of halogens is 2. The third kappa shape index (κ3) is 3.20. The Hall–Kier alpha value is -1.07. The smallest absolute Gasteiger partial charge is 0.148 e. The highest BCUT2D eigenvalue weighted by Gasteiger charge is 2.08. The zero-order valence-electron chi connectivity index (χ0n) is 8.86. The topological polar surface area (TPSA) is 48.1 Å². The van der Waals surface area contributed by atoms with Crippen LogP contribution in [0.15, 0.2) is 45.6 Å². The lowest BCUT2D eigenvalue weighted by molar-refractivity contribution is 0.302. The quantitative estimate of drug-likeness (QED) is 0.850. The van der Waals surface area contributed by atoms with E-state index in [1.165, 1.54) is 0 Å². The normalized spacial score (nSPS) is 10.2. The van der Waals surface area contributed by atoms with Crippen LogP contribution in [0.1, 0.15) is 5.56 Å². The number of rotatable bonds is 3. The molecule has 2 N–H and O–H groups in total. The molecule has 0 spiro atoms. The fourth-order valence-corrected chi connectivity index (χ4v) is 2.80. The number of aromatic nitrogens is 1. The SMILES string of the molecule is Nc1cc(Br)c(OCc2ccncc2)c(Br)c1. The van der Waals surface area contributed by atoms with E-state index >= 15 is 0 Å². The molecule has 0 aliphatic heterocycles. The van der Waals surface area contributed by atoms with Crippen molar-refractivity contribution < 1.29 is 4.74 Å². The fraction of sp³-hybridized carbons (Fsp3) is 0.0833. The van der Waals surface area contributed by atoms with Gasteiger partial charge < -0.3 is 10.5 Å². The summed E-state index contributed by atoms with van der Waals surface area (Å²) in [5, 5.41) is 0. The Morgan fingerprint density at radius 1 is 1.12 bits per heavy atom. The maximum absolute atomic E-state index is 5.73. The van der Waals surface area contributed by atoms with E-state index in [-0.39, 0.29) is 0 Å². The van der Waals surface area contributed by atoms with Crippen molar-refractivity contribution in [2.45, 2.75) is 6.61 Å². The lowest BCUT2D eigenvalue weighted by Crippen LogP contribution is -1.97. The molecule has 0 fully saturated rings. The second-order valence-corrected chi connectivity index (χ2v) is 5.17. The van der Waals surface area contributed by atoms with Gasteiger partial charge in [-0.25, -0.2) is 0 Å². The van der Waals surface area contributed by atoms with Crippen LogP contribution in [0.3, 0.4) is 0 Å². The van der Waals surface area contributed by atoms with Crippen LogP contribution in [0.4, 0.5) is 5.69 Å². The first-order valence-electron chi connectivity index (χ1n) is 4.93. The average Bonchev–Trinajstić information content (AvgIpc) is 2.29. The van der Waals surface area contributed by atoms with Crippen LogP contribution in [0.2, 0.25) is 0 Å². The zero-order valence-corrected chi connectivity index (χ0v) is 12.0. The van der Waals surface area contributed by atoms with Gasteiger partial charge in [0.15, 0.2) is 0 Å². The molecule has 1 aromatic heterocycles. The van der Waals surface area contributed by atoms with Gasteiger partial charge in [-0.05, 0) is 61.7 Å². The summed E-state index contributed by atoms with van der Waals surface area (Å²) in [6, 6.07) is 7.46. The molecule has 0 amide bonds. The highest BCUT2D eigenvalue weighted by Crippen LogP contribution is 2.36. The Labute approximate surface area is 116 Å². The first kappa shape index (κ1) is 12.4. The zero-order chi connectivity index (χ0) is 12.3. The number of nitrogen functional groups attached to an aromatic ring is 1. The molecule has 88 valence electrons. The minimum atomic E-state index is 0.490. The molecule has 1 aromatic carbocycles. The molecule has 0 bridgehead atoms. The van der Waals surface area contributed by atoms with E-state index in [1.807, 2.05) is 24.3 Å². The molecule has 5 heteroatoms. The van der Waals surface area contributed by atoms with Gasteiger partial charge in [0.05, 0.1) is 8.95 Å². The molecule has 17 heavy (non-hydrogen) atoms. The van der Waals surface area contributed by atoms with Gasteiger partial charge in [0.25, 0.3) is 0 Å². The second kappa shape index (κ2) is 5.51. The monoisotopic (exact) mass is 356 g/mol. The van der Waals surface area contributed by atoms with Gasteiger partial charge in [-0.1, -0.05) is 0 Å². The fourth-order valence-electron chi connectivity index (χ4n) is 1.35. The van der Waals surface area contributed by atoms with Gasteiger partial charge in [-0.15, -0.1) is 0 Å². The van der Waals surface area contributed by atoms with Crippen LogP contribution in [-0.2, 0) is 6.61 Å². The highest BCUT2D eigenvalue weighted by atomic mass is 79.9. The molecular weight excluding hydrogens is 348 g/mol. The Balaban J connectivity index is 2.15. The number of hydrogen-bond donors (Lipinski definition) is 1. The Morgan fingerprint density at radius 3 is 2.29 bits per heavy atom. The number of hydrogen-bond acceptors (Lipinski definition) is 3. The third-order valence-corrected chi connectivity index (χ3v) is 3.33. The second-order valence-electron chi connectivity index (χ2n) is 3.46. The Morgan fingerprint density at radius 2 is 1.71 bits per heavy atom. The van der Waals surface area contributed by atoms with E-state index in [0.29, 0.717) is 12.3 Å². The van der Waals surface area contributed by atoms with Gasteiger partial charge in [-0.3, -0.25) is 4.98 Å². The van der Waals surface area contributed by atoms with Crippen LogP contribution in [-0.4, -0.2) is 4.98 Å². The summed E-state index contributed by atoms with van der Waals surface area (Å²) in [4.78, 5) is 3.96. The number of nitrogens with two attached hydrogens (primary N) is 1. The molecule has 3 nitrogen and oxygen atoms in total. The number of benzene rings is 1. The van der Waals surface area contributed by atoms with E-state index in [2.05, 4.69) is 36.8 Å². The van der Waals surface area contributed by atoms with Crippen molar-refractivity contribution in [3.05, 3.63) is 51.2 Å². The lowest BCUT2D eigenvalue weighted by atomic mass is 10.3. The molecule has 1 heterocycles. The highest BCUT2D eigenvalue weighted by molar-refractivity contribution is 9.11. The molecule has 0 atom stereocenters. The minimum absolute atomic E-state index is 0.490. The maximum atomic E-state index is 5.73. The van der Waals surface area contributed by atoms with E-state index in [0.717, 1.165) is 20.3 Å². The molecule has 0 radical (unpaired) electrons. The van der Waals surface area contributed by atoms with Crippen molar-refractivity contribution in [3.63, 3.8) is 0 Å². The minimum Gasteiger partial charge on any atom is -0.487 e. The van der Waals surface area contributed by atoms with Crippen LogP contribution in [0.25, 0.3) is 0 Å². The van der Waals surface area contributed by atoms with Gasteiger partial charge in [0.2, 0.25) is 0 Å². The summed E-state index contributed by atoms with van der Waals surface area (Å²) in [6.45, 7) is 0.490. The molecule has 0 unspecified atom stereocenters. The summed E-state index contributed by atoms with van der Waals surface area (Å²) in [5.74, 6) is 0.746. The van der Waals surface area contributed by atoms with Crippen LogP contribution >= 0.6 is 31.9 Å². The van der Waals surface area contributed by atoms with Crippen LogP contribution in [0, 0.1) is 0 Å². The van der Waals surface area contributed by atoms with Crippen molar-refractivity contribution >= 4 is 37.5 Å². The van der Waals surface area contributed by atoms with Crippen molar-refractivity contribution in [2.75, 3.05) is 5.73 Å². The molecule has 0 saturated carbocycles. The largest absolute Gasteiger partial charge is 0.487 e. The van der Waals surface area contributed by atoms with E-state index in [9.17, 15) is 0 Å². The lowest BCUT2D eigenvalue weighted by Gasteiger charge is -2.11. The van der Waals surface area contributed by atoms with E-state index in [1.54, 1.807) is 12.4 Å². The van der Waals surface area contributed by atoms with E-state index in [4.69, 9.17) is 10.5 Å². The van der Waals surface area contributed by atoms with Crippen LogP contribution in [0.5, 0.6) is 5.75 Å². The van der Waals surface area contributed by atoms with E-state index < -0.39 is 0 Å². The number of anilines is 1. The van der Waals surface area contributed by atoms with Gasteiger partial charge in [0.1, 0.15) is 12.4 Å². The Bertz CT molecular complexity index is 494. The van der Waals surface area contributed by atoms with Gasteiger partial charge in [-0.2, -0.15) is 0 Å². The van der Waals surface area contributed by atoms with Gasteiger partial charge in [0, 0.05) is 18.1 Å². The summed E-state index contributed by atoms with van der Waals surface area (Å²) < 4.78 is 7.40. The summed E-state index contributed by atoms with van der Waals surface area (Å²) >= 11 is 6.85. The summed E-state index contributed by atoms with van der Waals surface area (Å²) in [5.41, 5.74) is 7.46. The average molecular weight is 358 g/mol. The number of pyridine rings is 1. The molecule has 0 aliphatic carbocycles. The third-order valence-electron chi connectivity index (χ3n) is 2.15. The van der Waals surface area contributed by atoms with Crippen molar-refractivity contribution in [2.24, 2.45) is 0 Å². The standard InChI is InChI=1S/C12H10Br2N2O/c13-10-5-9(15)6-11(14)12(10)17-7-8-1-3-16-4-2-8/h1-6H,7,15H2. The first-order chi connectivity index (χ1) is 8.16. The number of ether oxygens (including phenoxy) is 1. The molecular formula is C12H10Br2N2O. The Kier molecular flexibility index (Phi) is 4.02. The predicted octanol–water partition coefficient (Wildman–Crippen LogP) is 3.77. The van der Waals surface area contributed by atoms with Crippen molar-refractivity contribution in [3.8, 4) is 5.75 Å². The number of nitrogens with zero attached hydrogens (tertiary/aromatic N) is 1. The van der Waals surface area contributed by atoms with Crippen molar-refractivity contribution in [1.82, 2.24) is 4.98 Å².